The molecule has 1 aliphatic heterocycles. The average Bonchev–Trinajstić information content (AvgIpc) is 3.31. The van der Waals surface area contributed by atoms with Crippen molar-refractivity contribution >= 4 is 5.97 Å². The Labute approximate surface area is 173 Å². The van der Waals surface area contributed by atoms with Crippen LogP contribution >= 0.6 is 0 Å². The van der Waals surface area contributed by atoms with Crippen molar-refractivity contribution in [1.29, 1.82) is 5.26 Å². The summed E-state index contributed by atoms with van der Waals surface area (Å²) in [6, 6.07) is 5.55. The highest BCUT2D eigenvalue weighted by Crippen LogP contribution is 2.28. The average molecular weight is 404 g/mol. The molecular formula is C21H20N6O3. The molecule has 1 unspecified atom stereocenters. The summed E-state index contributed by atoms with van der Waals surface area (Å²) in [5, 5.41) is 27.0. The Morgan fingerprint density at radius 1 is 1.33 bits per heavy atom. The largest absolute Gasteiger partial charge is 0.457 e. The predicted molar refractivity (Wildman–Crippen MR) is 106 cm³/mol. The lowest BCUT2D eigenvalue weighted by atomic mass is 9.95. The number of fused-ring (bicyclic) bond motifs is 1. The number of carbonyl (C=O) groups is 1. The predicted octanol–water partition coefficient (Wildman–Crippen LogP) is 1.64. The molecule has 1 aromatic carbocycles. The zero-order valence-corrected chi connectivity index (χ0v) is 16.6. The monoisotopic (exact) mass is 404 g/mol. The summed E-state index contributed by atoms with van der Waals surface area (Å²) >= 11 is 0. The van der Waals surface area contributed by atoms with E-state index in [2.05, 4.69) is 26.5 Å². The van der Waals surface area contributed by atoms with E-state index >= 15 is 0 Å². The van der Waals surface area contributed by atoms with Gasteiger partial charge in [0, 0.05) is 36.6 Å². The van der Waals surface area contributed by atoms with E-state index in [0.717, 1.165) is 22.3 Å². The molecular weight excluding hydrogens is 384 g/mol. The van der Waals surface area contributed by atoms with Crippen molar-refractivity contribution < 1.29 is 14.6 Å². The molecule has 0 bridgehead atoms. The fourth-order valence-corrected chi connectivity index (χ4v) is 3.42. The molecule has 3 aromatic rings. The number of benzene rings is 1. The minimum absolute atomic E-state index is 0.253. The number of aliphatic hydroxyl groups excluding tert-OH is 1. The number of nitrogens with zero attached hydrogens (tertiary/aromatic N) is 5. The molecule has 152 valence electrons. The molecule has 1 aliphatic rings. The van der Waals surface area contributed by atoms with Gasteiger partial charge in [-0.3, -0.25) is 0 Å². The van der Waals surface area contributed by atoms with Gasteiger partial charge in [0.2, 0.25) is 5.95 Å². The standard InChI is InChI=1S/C21H20N6O3/c1-12-16(3-4-17-18(12)11-30-20(17)29)19(28)9-23-6-14-7-24-21(25-8-14)27-10-15(5-22)13(2)26-27/h3-4,7-8,10,19,23,28H,6,9,11H2,1-2H3. The summed E-state index contributed by atoms with van der Waals surface area (Å²) < 4.78 is 6.53. The van der Waals surface area contributed by atoms with Crippen LogP contribution in [0.2, 0.25) is 0 Å². The van der Waals surface area contributed by atoms with Crippen LogP contribution < -0.4 is 5.32 Å². The van der Waals surface area contributed by atoms with Gasteiger partial charge in [-0.15, -0.1) is 0 Å². The number of ether oxygens (including phenoxy) is 1. The lowest BCUT2D eigenvalue weighted by Gasteiger charge is -2.16. The van der Waals surface area contributed by atoms with Crippen molar-refractivity contribution in [3.63, 3.8) is 0 Å². The number of aryl methyl sites for hydroxylation is 1. The molecule has 1 atom stereocenters. The van der Waals surface area contributed by atoms with Crippen molar-refractivity contribution in [2.24, 2.45) is 0 Å². The highest BCUT2D eigenvalue weighted by Gasteiger charge is 2.25. The van der Waals surface area contributed by atoms with Crippen molar-refractivity contribution in [2.75, 3.05) is 6.54 Å². The first-order valence-electron chi connectivity index (χ1n) is 9.44. The second-order valence-electron chi connectivity index (χ2n) is 7.10. The molecule has 30 heavy (non-hydrogen) atoms. The Bertz CT molecular complexity index is 1150. The van der Waals surface area contributed by atoms with Gasteiger partial charge in [0.05, 0.1) is 29.1 Å². The molecule has 2 N–H and O–H groups in total. The number of rotatable bonds is 6. The number of esters is 1. The van der Waals surface area contributed by atoms with Crippen LogP contribution in [-0.4, -0.2) is 37.4 Å². The van der Waals surface area contributed by atoms with Crippen LogP contribution in [0, 0.1) is 25.2 Å². The van der Waals surface area contributed by atoms with Crippen LogP contribution in [0.15, 0.2) is 30.7 Å². The third kappa shape index (κ3) is 3.66. The van der Waals surface area contributed by atoms with Gasteiger partial charge in [0.15, 0.2) is 0 Å². The zero-order valence-electron chi connectivity index (χ0n) is 16.6. The summed E-state index contributed by atoms with van der Waals surface area (Å²) in [5.41, 5.74) is 5.02. The van der Waals surface area contributed by atoms with Crippen LogP contribution in [0.4, 0.5) is 0 Å². The molecule has 2 aromatic heterocycles. The van der Waals surface area contributed by atoms with E-state index in [4.69, 9.17) is 10.00 Å². The zero-order chi connectivity index (χ0) is 21.3. The first-order valence-corrected chi connectivity index (χ1v) is 9.44. The molecule has 4 rings (SSSR count). The van der Waals surface area contributed by atoms with Gasteiger partial charge in [0.1, 0.15) is 12.7 Å². The number of hydrogen-bond acceptors (Lipinski definition) is 8. The van der Waals surface area contributed by atoms with Crippen molar-refractivity contribution in [3.8, 4) is 12.0 Å². The normalized spacial score (nSPS) is 13.6. The Hall–Kier alpha value is -3.61. The molecule has 0 radical (unpaired) electrons. The van der Waals surface area contributed by atoms with Crippen molar-refractivity contribution in [1.82, 2.24) is 25.1 Å². The molecule has 0 spiro atoms. The smallest absolute Gasteiger partial charge is 0.338 e. The second kappa shape index (κ2) is 8.02. The van der Waals surface area contributed by atoms with Gasteiger partial charge in [-0.1, -0.05) is 6.07 Å². The lowest BCUT2D eigenvalue weighted by Crippen LogP contribution is -2.22. The number of aliphatic hydroxyl groups is 1. The third-order valence-corrected chi connectivity index (χ3v) is 5.15. The molecule has 0 fully saturated rings. The number of carbonyl (C=O) groups excluding carboxylic acids is 1. The number of nitriles is 1. The van der Waals surface area contributed by atoms with Gasteiger partial charge in [-0.05, 0) is 31.0 Å². The van der Waals surface area contributed by atoms with Crippen LogP contribution in [0.5, 0.6) is 0 Å². The van der Waals surface area contributed by atoms with Gasteiger partial charge in [-0.2, -0.15) is 10.4 Å². The van der Waals surface area contributed by atoms with Gasteiger partial charge >= 0.3 is 5.97 Å². The van der Waals surface area contributed by atoms with Crippen LogP contribution in [0.1, 0.15) is 50.0 Å². The highest BCUT2D eigenvalue weighted by atomic mass is 16.5. The fraction of sp³-hybridized carbons (Fsp3) is 0.286. The maximum Gasteiger partial charge on any atom is 0.338 e. The maximum absolute atomic E-state index is 11.6. The van der Waals surface area contributed by atoms with E-state index in [1.807, 2.05) is 6.92 Å². The topological polar surface area (TPSA) is 126 Å². The molecule has 0 saturated heterocycles. The van der Waals surface area contributed by atoms with E-state index < -0.39 is 6.10 Å². The van der Waals surface area contributed by atoms with E-state index in [0.29, 0.717) is 35.9 Å². The Morgan fingerprint density at radius 3 is 2.80 bits per heavy atom. The summed E-state index contributed by atoms with van der Waals surface area (Å²) in [7, 11) is 0. The number of hydrogen-bond donors (Lipinski definition) is 2. The Balaban J connectivity index is 1.36. The second-order valence-corrected chi connectivity index (χ2v) is 7.10. The summed E-state index contributed by atoms with van der Waals surface area (Å²) in [6.07, 6.45) is 4.22. The number of nitrogens with one attached hydrogen (secondary N) is 1. The molecule has 0 saturated carbocycles. The third-order valence-electron chi connectivity index (χ3n) is 5.15. The van der Waals surface area contributed by atoms with E-state index in [1.54, 1.807) is 37.6 Å². The van der Waals surface area contributed by atoms with Gasteiger partial charge in [-0.25, -0.2) is 19.4 Å². The maximum atomic E-state index is 11.6. The van der Waals surface area contributed by atoms with Crippen LogP contribution in [-0.2, 0) is 17.9 Å². The van der Waals surface area contributed by atoms with Crippen LogP contribution in [0.3, 0.4) is 0 Å². The molecule has 0 aliphatic carbocycles. The number of aromatic nitrogens is 4. The quantitative estimate of drug-likeness (QED) is 0.594. The minimum atomic E-state index is -0.720. The Morgan fingerprint density at radius 2 is 2.10 bits per heavy atom. The number of cyclic esters (lactones) is 1. The van der Waals surface area contributed by atoms with Crippen LogP contribution in [0.25, 0.3) is 5.95 Å². The van der Waals surface area contributed by atoms with Gasteiger partial charge in [0.25, 0.3) is 0 Å². The Kier molecular flexibility index (Phi) is 5.27. The SMILES string of the molecule is Cc1nn(-c2ncc(CNCC(O)c3ccc4c(c3C)COC4=O)cn2)cc1C#N. The molecule has 9 nitrogen and oxygen atoms in total. The summed E-state index contributed by atoms with van der Waals surface area (Å²) in [6.45, 7) is 4.71. The van der Waals surface area contributed by atoms with Gasteiger partial charge < -0.3 is 15.2 Å². The lowest BCUT2D eigenvalue weighted by molar-refractivity contribution is 0.0535. The molecule has 9 heteroatoms. The van der Waals surface area contributed by atoms with Crippen molar-refractivity contribution in [2.45, 2.75) is 33.1 Å². The molecule has 3 heterocycles. The first-order chi connectivity index (χ1) is 14.5. The summed E-state index contributed by atoms with van der Waals surface area (Å²) in [4.78, 5) is 20.2. The van der Waals surface area contributed by atoms with E-state index in [-0.39, 0.29) is 12.6 Å². The van der Waals surface area contributed by atoms with E-state index in [9.17, 15) is 9.90 Å². The minimum Gasteiger partial charge on any atom is -0.457 e. The first kappa shape index (κ1) is 19.7. The van der Waals surface area contributed by atoms with E-state index in [1.165, 1.54) is 4.68 Å². The fourth-order valence-electron chi connectivity index (χ4n) is 3.42. The summed E-state index contributed by atoms with van der Waals surface area (Å²) in [5.74, 6) is 0.0683. The molecule has 0 amide bonds. The van der Waals surface area contributed by atoms with Crippen molar-refractivity contribution in [3.05, 3.63) is 69.8 Å². The highest BCUT2D eigenvalue weighted by molar-refractivity contribution is 5.93.